The number of fused-ring (bicyclic) bond motifs is 1. The summed E-state index contributed by atoms with van der Waals surface area (Å²) in [6.07, 6.45) is 8.20. The van der Waals surface area contributed by atoms with Crippen molar-refractivity contribution in [3.05, 3.63) is 53.6 Å². The molecule has 2 heterocycles. The van der Waals surface area contributed by atoms with Gasteiger partial charge in [-0.2, -0.15) is 0 Å². The van der Waals surface area contributed by atoms with E-state index in [4.69, 9.17) is 23.7 Å². The number of benzene rings is 2. The maximum Gasteiger partial charge on any atom is 0.329 e. The second-order valence-electron chi connectivity index (χ2n) is 14.4. The minimum Gasteiger partial charge on any atom is -0.493 e. The second-order valence-corrected chi connectivity index (χ2v) is 14.4. The molecular weight excluding hydrogens is 636 g/mol. The number of amides is 1. The molecule has 2 aromatic rings. The minimum atomic E-state index is -0.610. The largest absolute Gasteiger partial charge is 0.493 e. The van der Waals surface area contributed by atoms with Crippen molar-refractivity contribution in [3.8, 4) is 17.2 Å². The number of ether oxygens (including phenoxy) is 5. The zero-order chi connectivity index (χ0) is 34.9. The smallest absolute Gasteiger partial charge is 0.329 e. The number of rotatable bonds is 13. The molecule has 0 bridgehead atoms. The summed E-state index contributed by atoms with van der Waals surface area (Å²) in [4.78, 5) is 32.6. The van der Waals surface area contributed by atoms with Crippen LogP contribution in [-0.2, 0) is 25.5 Å². The molecule has 0 radical (unpaired) electrons. The summed E-state index contributed by atoms with van der Waals surface area (Å²) < 4.78 is 29.1. The lowest BCUT2D eigenvalue weighted by molar-refractivity contribution is -0.165. The van der Waals surface area contributed by atoms with Crippen LogP contribution < -0.4 is 14.2 Å². The Morgan fingerprint density at radius 3 is 2.46 bits per heavy atom. The first-order valence-corrected chi connectivity index (χ1v) is 18.9. The van der Waals surface area contributed by atoms with Gasteiger partial charge in [-0.15, -0.1) is 0 Å². The number of hydrogen-bond acceptors (Lipinski definition) is 9. The van der Waals surface area contributed by atoms with Crippen molar-refractivity contribution in [1.82, 2.24) is 9.80 Å². The third kappa shape index (κ3) is 8.93. The predicted octanol–water partition coefficient (Wildman–Crippen LogP) is 5.59. The molecule has 2 saturated heterocycles. The van der Waals surface area contributed by atoms with Crippen molar-refractivity contribution < 1.29 is 38.4 Å². The Kier molecular flexibility index (Phi) is 12.9. The number of likely N-dealkylation sites (tertiary alicyclic amines) is 1. The fraction of sp³-hybridized carbons (Fsp3) is 0.650. The van der Waals surface area contributed by atoms with E-state index >= 15 is 0 Å². The highest BCUT2D eigenvalue weighted by molar-refractivity contribution is 5.86. The van der Waals surface area contributed by atoms with Crippen molar-refractivity contribution in [2.24, 2.45) is 17.8 Å². The lowest BCUT2D eigenvalue weighted by Gasteiger charge is -2.46. The summed E-state index contributed by atoms with van der Waals surface area (Å²) in [6, 6.07) is 13.1. The molecule has 1 amide bonds. The van der Waals surface area contributed by atoms with Crippen LogP contribution in [0.25, 0.3) is 0 Å². The average molecular weight is 693 g/mol. The number of aryl methyl sites for hydroxylation is 1. The van der Waals surface area contributed by atoms with Crippen LogP contribution in [0.4, 0.5) is 0 Å². The molecule has 2 aliphatic heterocycles. The number of morpholine rings is 1. The van der Waals surface area contributed by atoms with E-state index in [1.165, 1.54) is 0 Å². The van der Waals surface area contributed by atoms with E-state index in [0.29, 0.717) is 56.8 Å². The van der Waals surface area contributed by atoms with Crippen LogP contribution in [0.3, 0.4) is 0 Å². The van der Waals surface area contributed by atoms with E-state index in [1.54, 1.807) is 14.2 Å². The van der Waals surface area contributed by atoms with Crippen molar-refractivity contribution in [2.75, 3.05) is 60.2 Å². The number of nitrogens with zero attached hydrogens (tertiary/aromatic N) is 2. The second kappa shape index (κ2) is 17.7. The lowest BCUT2D eigenvalue weighted by atomic mass is 9.64. The van der Waals surface area contributed by atoms with Crippen molar-refractivity contribution in [2.45, 2.75) is 88.9 Å². The third-order valence-electron chi connectivity index (χ3n) is 11.4. The van der Waals surface area contributed by atoms with Gasteiger partial charge in [-0.3, -0.25) is 9.69 Å². The summed E-state index contributed by atoms with van der Waals surface area (Å²) in [5.41, 5.74) is 1.90. The van der Waals surface area contributed by atoms with Gasteiger partial charge in [-0.05, 0) is 105 Å². The predicted molar refractivity (Wildman–Crippen MR) is 189 cm³/mol. The first kappa shape index (κ1) is 36.5. The number of carbonyl (C=O) groups excluding carboxylic acids is 2. The Balaban J connectivity index is 1.18. The fourth-order valence-corrected chi connectivity index (χ4v) is 8.67. The molecule has 10 heteroatoms. The van der Waals surface area contributed by atoms with Crippen LogP contribution in [0.5, 0.6) is 17.2 Å². The molecule has 274 valence electrons. The molecule has 0 aromatic heterocycles. The fourth-order valence-electron chi connectivity index (χ4n) is 8.67. The number of aliphatic hydroxyl groups is 1. The van der Waals surface area contributed by atoms with Gasteiger partial charge >= 0.3 is 5.97 Å². The Labute approximate surface area is 297 Å². The Bertz CT molecular complexity index is 1410. The Hall–Kier alpha value is -3.34. The molecule has 6 atom stereocenters. The van der Waals surface area contributed by atoms with E-state index in [1.807, 2.05) is 47.4 Å². The molecule has 2 saturated carbocycles. The SMILES string of the molecule is COc1ccc(CC[C@@H](OC(=O)[C@@H]2CCCCN2C(=O)[C@@H]2CCC(O)[C@@H]3CCCC[C@@H]23)c2cccc(OCCN3CCOCC3)c2)cc1OC. The van der Waals surface area contributed by atoms with Crippen LogP contribution in [-0.4, -0.2) is 99.1 Å². The number of piperidine rings is 1. The highest BCUT2D eigenvalue weighted by atomic mass is 16.5. The van der Waals surface area contributed by atoms with E-state index < -0.39 is 12.1 Å². The monoisotopic (exact) mass is 692 g/mol. The molecule has 2 aliphatic carbocycles. The van der Waals surface area contributed by atoms with Crippen molar-refractivity contribution in [1.29, 1.82) is 0 Å². The van der Waals surface area contributed by atoms with Gasteiger partial charge in [0.15, 0.2) is 11.5 Å². The minimum absolute atomic E-state index is 0.0768. The molecule has 6 rings (SSSR count). The number of carbonyl (C=O) groups is 2. The van der Waals surface area contributed by atoms with Crippen LogP contribution in [0.15, 0.2) is 42.5 Å². The topological polar surface area (TPSA) is 107 Å². The molecule has 1 unspecified atom stereocenters. The summed E-state index contributed by atoms with van der Waals surface area (Å²) in [6.45, 7) is 5.24. The van der Waals surface area contributed by atoms with E-state index in [0.717, 1.165) is 88.2 Å². The molecule has 4 fully saturated rings. The number of esters is 1. The quantitative estimate of drug-likeness (QED) is 0.269. The van der Waals surface area contributed by atoms with E-state index in [2.05, 4.69) is 4.90 Å². The summed E-state index contributed by atoms with van der Waals surface area (Å²) >= 11 is 0. The molecule has 1 N–H and O–H groups in total. The maximum atomic E-state index is 14.3. The standard InChI is InChI=1S/C40H56N2O8/c1-46-37-18-14-28(26-38(37)47-2)13-17-36(29-8-7-9-30(27-29)49-25-22-41-20-23-48-24-21-41)50-40(45)34-12-5-6-19-42(34)39(44)33-15-16-35(43)32-11-4-3-10-31(32)33/h7-9,14,18,26-27,31-36,43H,3-6,10-13,15-17,19-25H2,1-2H3/t31-,32-,33-,34+,35?,36-/m1/s1. The third-order valence-corrected chi connectivity index (χ3v) is 11.4. The highest BCUT2D eigenvalue weighted by Crippen LogP contribution is 2.45. The first-order chi connectivity index (χ1) is 24.4. The first-order valence-electron chi connectivity index (χ1n) is 18.9. The number of hydrogen-bond donors (Lipinski definition) is 1. The maximum absolute atomic E-state index is 14.3. The van der Waals surface area contributed by atoms with Crippen LogP contribution in [0.1, 0.15) is 81.4 Å². The number of methoxy groups -OCH3 is 2. The van der Waals surface area contributed by atoms with Gasteiger partial charge < -0.3 is 33.7 Å². The van der Waals surface area contributed by atoms with Gasteiger partial charge in [0.1, 0.15) is 24.5 Å². The van der Waals surface area contributed by atoms with Crippen LogP contribution in [0, 0.1) is 17.8 Å². The van der Waals surface area contributed by atoms with Crippen molar-refractivity contribution in [3.63, 3.8) is 0 Å². The van der Waals surface area contributed by atoms with Gasteiger partial charge in [0.25, 0.3) is 0 Å². The lowest BCUT2D eigenvalue weighted by Crippen LogP contribution is -2.54. The summed E-state index contributed by atoms with van der Waals surface area (Å²) in [7, 11) is 3.24. The summed E-state index contributed by atoms with van der Waals surface area (Å²) in [5.74, 6) is 2.03. The molecule has 10 nitrogen and oxygen atoms in total. The van der Waals surface area contributed by atoms with Crippen molar-refractivity contribution >= 4 is 11.9 Å². The van der Waals surface area contributed by atoms with Gasteiger partial charge in [-0.25, -0.2) is 4.79 Å². The molecule has 2 aromatic carbocycles. The highest BCUT2D eigenvalue weighted by Gasteiger charge is 2.46. The normalized spacial score (nSPS) is 26.4. The molecule has 0 spiro atoms. The van der Waals surface area contributed by atoms with Gasteiger partial charge in [0, 0.05) is 32.1 Å². The zero-order valence-electron chi connectivity index (χ0n) is 29.9. The molecule has 50 heavy (non-hydrogen) atoms. The van der Waals surface area contributed by atoms with E-state index in [9.17, 15) is 14.7 Å². The Morgan fingerprint density at radius 2 is 1.66 bits per heavy atom. The zero-order valence-corrected chi connectivity index (χ0v) is 29.9. The Morgan fingerprint density at radius 1 is 0.880 bits per heavy atom. The van der Waals surface area contributed by atoms with Crippen LogP contribution in [0.2, 0.25) is 0 Å². The molecule has 4 aliphatic rings. The van der Waals surface area contributed by atoms with Gasteiger partial charge in [0.2, 0.25) is 5.91 Å². The summed E-state index contributed by atoms with van der Waals surface area (Å²) in [5, 5.41) is 10.7. The molecular formula is C40H56N2O8. The average Bonchev–Trinajstić information content (AvgIpc) is 3.16. The van der Waals surface area contributed by atoms with Gasteiger partial charge in [0.05, 0.1) is 33.5 Å². The van der Waals surface area contributed by atoms with Crippen LogP contribution >= 0.6 is 0 Å². The van der Waals surface area contributed by atoms with Gasteiger partial charge in [-0.1, -0.05) is 31.0 Å². The number of aliphatic hydroxyl groups excluding tert-OH is 1. The van der Waals surface area contributed by atoms with E-state index in [-0.39, 0.29) is 35.7 Å².